The summed E-state index contributed by atoms with van der Waals surface area (Å²) in [6.07, 6.45) is 2.28. The van der Waals surface area contributed by atoms with Crippen LogP contribution < -0.4 is 15.8 Å². The van der Waals surface area contributed by atoms with Gasteiger partial charge in [0.05, 0.1) is 17.6 Å². The SMILES string of the molecule is CCCN(C1CCNCC1)S(=O)(=O)c1ccc(OC)c(C(N)=O)c1. The molecule has 1 amide bonds. The van der Waals surface area contributed by atoms with Gasteiger partial charge in [-0.15, -0.1) is 0 Å². The van der Waals surface area contributed by atoms with E-state index in [9.17, 15) is 13.2 Å². The summed E-state index contributed by atoms with van der Waals surface area (Å²) in [6.45, 7) is 4.00. The fourth-order valence-corrected chi connectivity index (χ4v) is 4.79. The molecule has 2 rings (SSSR count). The third-order valence-corrected chi connectivity index (χ3v) is 6.15. The summed E-state index contributed by atoms with van der Waals surface area (Å²) >= 11 is 0. The number of carbonyl (C=O) groups excluding carboxylic acids is 1. The maximum Gasteiger partial charge on any atom is 0.252 e. The Morgan fingerprint density at radius 2 is 2.04 bits per heavy atom. The van der Waals surface area contributed by atoms with Crippen LogP contribution in [0.1, 0.15) is 36.5 Å². The highest BCUT2D eigenvalue weighted by Crippen LogP contribution is 2.27. The maximum absolute atomic E-state index is 13.1. The van der Waals surface area contributed by atoms with Crippen molar-refractivity contribution >= 4 is 15.9 Å². The molecule has 8 heteroatoms. The van der Waals surface area contributed by atoms with E-state index in [4.69, 9.17) is 10.5 Å². The molecule has 1 fully saturated rings. The first-order valence-electron chi connectivity index (χ1n) is 8.12. The fraction of sp³-hybridized carbons (Fsp3) is 0.562. The third-order valence-electron chi connectivity index (χ3n) is 4.20. The average molecular weight is 355 g/mol. The van der Waals surface area contributed by atoms with E-state index in [0.29, 0.717) is 6.54 Å². The molecule has 1 heterocycles. The van der Waals surface area contributed by atoms with Gasteiger partial charge in [0.2, 0.25) is 10.0 Å². The molecule has 134 valence electrons. The Balaban J connectivity index is 2.42. The Labute approximate surface area is 143 Å². The van der Waals surface area contributed by atoms with Crippen LogP contribution in [0.5, 0.6) is 5.75 Å². The number of rotatable bonds is 7. The lowest BCUT2D eigenvalue weighted by Gasteiger charge is -2.33. The average Bonchev–Trinajstić information content (AvgIpc) is 2.59. The molecular formula is C16H25N3O4S. The summed E-state index contributed by atoms with van der Waals surface area (Å²) < 4.78 is 32.9. The summed E-state index contributed by atoms with van der Waals surface area (Å²) in [5, 5.41) is 3.24. The first-order valence-corrected chi connectivity index (χ1v) is 9.56. The second-order valence-electron chi connectivity index (χ2n) is 5.82. The minimum atomic E-state index is -3.70. The number of hydrogen-bond donors (Lipinski definition) is 2. The summed E-state index contributed by atoms with van der Waals surface area (Å²) in [7, 11) is -2.29. The molecule has 0 bridgehead atoms. The topological polar surface area (TPSA) is 102 Å². The van der Waals surface area contributed by atoms with Crippen LogP contribution in [0.4, 0.5) is 0 Å². The number of primary amides is 1. The van der Waals surface area contributed by atoms with Gasteiger partial charge in [0.15, 0.2) is 0 Å². The number of amides is 1. The second kappa shape index (κ2) is 7.96. The first kappa shape index (κ1) is 18.7. The zero-order valence-electron chi connectivity index (χ0n) is 14.1. The van der Waals surface area contributed by atoms with E-state index >= 15 is 0 Å². The van der Waals surface area contributed by atoms with E-state index in [1.807, 2.05) is 6.92 Å². The molecule has 3 N–H and O–H groups in total. The number of nitrogens with two attached hydrogens (primary N) is 1. The number of nitrogens with zero attached hydrogens (tertiary/aromatic N) is 1. The largest absolute Gasteiger partial charge is 0.496 e. The number of sulfonamides is 1. The second-order valence-corrected chi connectivity index (χ2v) is 7.71. The number of methoxy groups -OCH3 is 1. The standard InChI is InChI=1S/C16H25N3O4S/c1-3-10-19(12-6-8-18-9-7-12)24(21,22)13-4-5-15(23-2)14(11-13)16(17)20/h4-5,11-12,18H,3,6-10H2,1-2H3,(H2,17,20). The van der Waals surface area contributed by atoms with Crippen molar-refractivity contribution in [3.63, 3.8) is 0 Å². The number of hydrogen-bond acceptors (Lipinski definition) is 5. The lowest BCUT2D eigenvalue weighted by Crippen LogP contribution is -2.46. The molecule has 1 aliphatic rings. The zero-order valence-corrected chi connectivity index (χ0v) is 14.9. The van der Waals surface area contributed by atoms with Crippen LogP contribution >= 0.6 is 0 Å². The summed E-state index contributed by atoms with van der Waals surface area (Å²) in [5.74, 6) is -0.446. The highest BCUT2D eigenvalue weighted by atomic mass is 32.2. The minimum absolute atomic E-state index is 0.0321. The van der Waals surface area contributed by atoms with Gasteiger partial charge in [-0.05, 0) is 50.6 Å². The van der Waals surface area contributed by atoms with E-state index in [0.717, 1.165) is 32.4 Å². The molecule has 7 nitrogen and oxygen atoms in total. The predicted molar refractivity (Wildman–Crippen MR) is 91.6 cm³/mol. The zero-order chi connectivity index (χ0) is 17.7. The van der Waals surface area contributed by atoms with Crippen LogP contribution in [0.15, 0.2) is 23.1 Å². The number of ether oxygens (including phenoxy) is 1. The Morgan fingerprint density at radius 3 is 2.58 bits per heavy atom. The Morgan fingerprint density at radius 1 is 1.38 bits per heavy atom. The van der Waals surface area contributed by atoms with E-state index in [2.05, 4.69) is 5.32 Å². The van der Waals surface area contributed by atoms with Crippen LogP contribution in [0.25, 0.3) is 0 Å². The normalized spacial score (nSPS) is 16.3. The van der Waals surface area contributed by atoms with E-state index in [1.165, 1.54) is 25.3 Å². The van der Waals surface area contributed by atoms with Crippen molar-refractivity contribution in [2.75, 3.05) is 26.7 Å². The maximum atomic E-state index is 13.1. The van der Waals surface area contributed by atoms with Crippen LogP contribution in [-0.4, -0.2) is 51.4 Å². The Kier molecular flexibility index (Phi) is 6.20. The fourth-order valence-electron chi connectivity index (χ4n) is 2.99. The molecule has 1 aromatic carbocycles. The number of nitrogens with one attached hydrogen (secondary N) is 1. The van der Waals surface area contributed by atoms with E-state index in [-0.39, 0.29) is 22.3 Å². The van der Waals surface area contributed by atoms with Crippen LogP contribution in [0.3, 0.4) is 0 Å². The molecule has 24 heavy (non-hydrogen) atoms. The highest BCUT2D eigenvalue weighted by molar-refractivity contribution is 7.89. The molecular weight excluding hydrogens is 330 g/mol. The van der Waals surface area contributed by atoms with Gasteiger partial charge >= 0.3 is 0 Å². The Bertz CT molecular complexity index is 685. The molecule has 1 aromatic rings. The lowest BCUT2D eigenvalue weighted by molar-refractivity contribution is 0.0997. The smallest absolute Gasteiger partial charge is 0.252 e. The quantitative estimate of drug-likeness (QED) is 0.758. The van der Waals surface area contributed by atoms with Crippen molar-refractivity contribution in [3.8, 4) is 5.75 Å². The van der Waals surface area contributed by atoms with Gasteiger partial charge in [-0.3, -0.25) is 4.79 Å². The molecule has 0 atom stereocenters. The van der Waals surface area contributed by atoms with Crippen molar-refractivity contribution in [2.45, 2.75) is 37.1 Å². The van der Waals surface area contributed by atoms with Gasteiger partial charge in [-0.1, -0.05) is 6.92 Å². The van der Waals surface area contributed by atoms with Crippen molar-refractivity contribution in [1.82, 2.24) is 9.62 Å². The monoisotopic (exact) mass is 355 g/mol. The summed E-state index contributed by atoms with van der Waals surface area (Å²) in [5.41, 5.74) is 5.41. The van der Waals surface area contributed by atoms with Gasteiger partial charge in [-0.25, -0.2) is 8.42 Å². The molecule has 0 aliphatic carbocycles. The van der Waals surface area contributed by atoms with Crippen molar-refractivity contribution < 1.29 is 17.9 Å². The van der Waals surface area contributed by atoms with Gasteiger partial charge in [0.1, 0.15) is 5.75 Å². The predicted octanol–water partition coefficient (Wildman–Crippen LogP) is 0.947. The first-order chi connectivity index (χ1) is 11.4. The van der Waals surface area contributed by atoms with E-state index in [1.54, 1.807) is 4.31 Å². The van der Waals surface area contributed by atoms with Gasteiger partial charge in [0, 0.05) is 12.6 Å². The molecule has 0 saturated carbocycles. The molecule has 0 unspecified atom stereocenters. The molecule has 1 aliphatic heterocycles. The van der Waals surface area contributed by atoms with Gasteiger partial charge in [0.25, 0.3) is 5.91 Å². The van der Waals surface area contributed by atoms with Crippen LogP contribution in [-0.2, 0) is 10.0 Å². The minimum Gasteiger partial charge on any atom is -0.496 e. The number of carbonyl (C=O) groups is 1. The van der Waals surface area contributed by atoms with Crippen LogP contribution in [0, 0.1) is 0 Å². The molecule has 0 radical (unpaired) electrons. The molecule has 0 spiro atoms. The number of piperidine rings is 1. The molecule has 0 aromatic heterocycles. The lowest BCUT2D eigenvalue weighted by atomic mass is 10.1. The highest BCUT2D eigenvalue weighted by Gasteiger charge is 2.32. The van der Waals surface area contributed by atoms with Crippen LogP contribution in [0.2, 0.25) is 0 Å². The summed E-state index contributed by atoms with van der Waals surface area (Å²) in [6, 6.07) is 4.21. The van der Waals surface area contributed by atoms with Gasteiger partial charge in [-0.2, -0.15) is 4.31 Å². The van der Waals surface area contributed by atoms with Gasteiger partial charge < -0.3 is 15.8 Å². The third kappa shape index (κ3) is 3.88. The summed E-state index contributed by atoms with van der Waals surface area (Å²) in [4.78, 5) is 11.7. The van der Waals surface area contributed by atoms with Crippen molar-refractivity contribution in [2.24, 2.45) is 5.73 Å². The van der Waals surface area contributed by atoms with Crippen molar-refractivity contribution in [3.05, 3.63) is 23.8 Å². The van der Waals surface area contributed by atoms with E-state index < -0.39 is 15.9 Å². The Hall–Kier alpha value is -1.64. The number of benzene rings is 1. The van der Waals surface area contributed by atoms with Crippen molar-refractivity contribution in [1.29, 1.82) is 0 Å². The molecule has 1 saturated heterocycles.